The average Bonchev–Trinajstić information content (AvgIpc) is 3.38. The van der Waals surface area contributed by atoms with Crippen LogP contribution in [-0.2, 0) is 6.42 Å². The smallest absolute Gasteiger partial charge is 0.165 e. The van der Waals surface area contributed by atoms with Crippen LogP contribution in [0.25, 0.3) is 72.4 Å². The highest BCUT2D eigenvalue weighted by molar-refractivity contribution is 6.10. The summed E-state index contributed by atoms with van der Waals surface area (Å²) in [5, 5.41) is 5.01. The molecule has 3 heteroatoms. The van der Waals surface area contributed by atoms with Gasteiger partial charge in [-0.3, -0.25) is 4.40 Å². The number of nitrogens with zero attached hydrogens (tertiary/aromatic N) is 3. The van der Waals surface area contributed by atoms with Crippen molar-refractivity contribution in [1.29, 1.82) is 0 Å². The lowest BCUT2D eigenvalue weighted by atomic mass is 9.79. The standard InChI is InChI=1S/C36H23N3/c1-2-12-30-29(11-1)34(38-36-35(30)37-31-13-3-4-20-39(31)36)26-10-6-9-25(21-26)27-18-16-24-15-14-22-7-5-8-23-17-19-28(27)33(24)32(22)23/h1-7,9-18,20-21H,8,19H2. The highest BCUT2D eigenvalue weighted by Crippen LogP contribution is 2.44. The van der Waals surface area contributed by atoms with E-state index in [1.165, 1.54) is 44.2 Å². The summed E-state index contributed by atoms with van der Waals surface area (Å²) < 4.78 is 2.09. The van der Waals surface area contributed by atoms with Crippen molar-refractivity contribution in [1.82, 2.24) is 14.4 Å². The van der Waals surface area contributed by atoms with Crippen molar-refractivity contribution >= 4 is 50.0 Å². The van der Waals surface area contributed by atoms with E-state index >= 15 is 0 Å². The molecule has 0 unspecified atom stereocenters. The first kappa shape index (κ1) is 21.0. The zero-order valence-corrected chi connectivity index (χ0v) is 21.2. The number of imidazole rings is 1. The second kappa shape index (κ2) is 7.75. The Balaban J connectivity index is 1.29. The lowest BCUT2D eigenvalue weighted by Crippen LogP contribution is -2.04. The maximum atomic E-state index is 5.24. The van der Waals surface area contributed by atoms with Gasteiger partial charge in [0, 0.05) is 22.5 Å². The lowest BCUT2D eigenvalue weighted by Gasteiger charge is -2.25. The maximum absolute atomic E-state index is 5.24. The molecule has 0 radical (unpaired) electrons. The van der Waals surface area contributed by atoms with Crippen LogP contribution in [0.1, 0.15) is 23.1 Å². The zero-order chi connectivity index (χ0) is 25.5. The largest absolute Gasteiger partial charge is 0.284 e. The molecule has 4 aromatic carbocycles. The summed E-state index contributed by atoms with van der Waals surface area (Å²) in [7, 11) is 0. The molecule has 0 spiro atoms. The number of pyridine rings is 2. The minimum atomic E-state index is 0.892. The van der Waals surface area contributed by atoms with Crippen molar-refractivity contribution in [3.05, 3.63) is 126 Å². The third-order valence-electron chi connectivity index (χ3n) is 8.44. The number of rotatable bonds is 2. The van der Waals surface area contributed by atoms with Gasteiger partial charge in [0.25, 0.3) is 0 Å². The summed E-state index contributed by atoms with van der Waals surface area (Å²) in [6.45, 7) is 0. The number of hydrogen-bond donors (Lipinski definition) is 0. The SMILES string of the molecule is C1=Cc2ccc3ccc(-c4cccc(-c5nc6c(nc7ccccn76)c6ccccc56)c4)c4c3c2C(=CC4)C1. The fraction of sp³-hybridized carbons (Fsp3) is 0.0556. The molecule has 39 heavy (non-hydrogen) atoms. The van der Waals surface area contributed by atoms with Gasteiger partial charge >= 0.3 is 0 Å². The molecule has 3 heterocycles. The Hall–Kier alpha value is -5.02. The van der Waals surface area contributed by atoms with Crippen LogP contribution in [0.2, 0.25) is 0 Å². The van der Waals surface area contributed by atoms with Gasteiger partial charge in [0.15, 0.2) is 5.65 Å². The minimum absolute atomic E-state index is 0.892. The van der Waals surface area contributed by atoms with E-state index in [4.69, 9.17) is 9.97 Å². The van der Waals surface area contributed by atoms with Crippen LogP contribution in [0.4, 0.5) is 0 Å². The molecule has 9 rings (SSSR count). The molecule has 3 nitrogen and oxygen atoms in total. The second-order valence-electron chi connectivity index (χ2n) is 10.6. The highest BCUT2D eigenvalue weighted by atomic mass is 15.1. The van der Waals surface area contributed by atoms with Gasteiger partial charge in [-0.15, -0.1) is 0 Å². The van der Waals surface area contributed by atoms with Gasteiger partial charge in [0.05, 0.1) is 5.69 Å². The average molecular weight is 498 g/mol. The monoisotopic (exact) mass is 497 g/mol. The number of fused-ring (bicyclic) bond motifs is 5. The van der Waals surface area contributed by atoms with Gasteiger partial charge in [-0.05, 0) is 75.2 Å². The maximum Gasteiger partial charge on any atom is 0.165 e. The lowest BCUT2D eigenvalue weighted by molar-refractivity contribution is 1.19. The predicted molar refractivity (Wildman–Crippen MR) is 162 cm³/mol. The van der Waals surface area contributed by atoms with Gasteiger partial charge in [0.1, 0.15) is 11.2 Å². The van der Waals surface area contributed by atoms with E-state index < -0.39 is 0 Å². The quantitative estimate of drug-likeness (QED) is 0.239. The molecule has 182 valence electrons. The van der Waals surface area contributed by atoms with E-state index in [1.807, 2.05) is 24.4 Å². The molecule has 0 saturated carbocycles. The zero-order valence-electron chi connectivity index (χ0n) is 21.2. The van der Waals surface area contributed by atoms with Crippen molar-refractivity contribution in [2.75, 3.05) is 0 Å². The highest BCUT2D eigenvalue weighted by Gasteiger charge is 2.22. The first-order valence-electron chi connectivity index (χ1n) is 13.5. The number of allylic oxidation sites excluding steroid dienone is 3. The number of benzene rings is 4. The van der Waals surface area contributed by atoms with E-state index in [0.29, 0.717) is 0 Å². The van der Waals surface area contributed by atoms with Crippen LogP contribution in [-0.4, -0.2) is 14.4 Å². The molecule has 0 amide bonds. The third-order valence-corrected chi connectivity index (χ3v) is 8.44. The third kappa shape index (κ3) is 2.93. The molecule has 3 aromatic heterocycles. The molecule has 0 saturated heterocycles. The summed E-state index contributed by atoms with van der Waals surface area (Å²) in [5.41, 5.74) is 13.1. The first-order chi connectivity index (χ1) is 19.3. The van der Waals surface area contributed by atoms with Crippen LogP contribution < -0.4 is 0 Å². The molecular weight excluding hydrogens is 474 g/mol. The molecule has 0 N–H and O–H groups in total. The molecule has 2 aliphatic rings. The molecule has 0 fully saturated rings. The van der Waals surface area contributed by atoms with Crippen LogP contribution in [0.15, 0.2) is 109 Å². The van der Waals surface area contributed by atoms with E-state index in [1.54, 1.807) is 0 Å². The summed E-state index contributed by atoms with van der Waals surface area (Å²) >= 11 is 0. The molecule has 0 aliphatic heterocycles. The van der Waals surface area contributed by atoms with Crippen molar-refractivity contribution in [3.8, 4) is 22.4 Å². The molecule has 0 bridgehead atoms. The van der Waals surface area contributed by atoms with E-state index in [2.05, 4.69) is 95.4 Å². The van der Waals surface area contributed by atoms with E-state index in [-0.39, 0.29) is 0 Å². The second-order valence-corrected chi connectivity index (χ2v) is 10.6. The van der Waals surface area contributed by atoms with Crippen molar-refractivity contribution in [2.24, 2.45) is 0 Å². The van der Waals surface area contributed by atoms with E-state index in [0.717, 1.165) is 51.7 Å². The Labute approximate surface area is 225 Å². The van der Waals surface area contributed by atoms with Gasteiger partial charge in [-0.1, -0.05) is 91.0 Å². The number of aromatic nitrogens is 3. The first-order valence-corrected chi connectivity index (χ1v) is 13.5. The van der Waals surface area contributed by atoms with Gasteiger partial charge in [0.2, 0.25) is 0 Å². The summed E-state index contributed by atoms with van der Waals surface area (Å²) in [6, 6.07) is 32.7. The fourth-order valence-electron chi connectivity index (χ4n) is 6.69. The topological polar surface area (TPSA) is 30.2 Å². The Morgan fingerprint density at radius 3 is 2.56 bits per heavy atom. The molecule has 2 aliphatic carbocycles. The Bertz CT molecular complexity index is 2230. The fourth-order valence-corrected chi connectivity index (χ4v) is 6.69. The van der Waals surface area contributed by atoms with Gasteiger partial charge < -0.3 is 0 Å². The normalized spacial score (nSPS) is 14.0. The van der Waals surface area contributed by atoms with Crippen LogP contribution >= 0.6 is 0 Å². The van der Waals surface area contributed by atoms with Crippen LogP contribution in [0.5, 0.6) is 0 Å². The van der Waals surface area contributed by atoms with Crippen molar-refractivity contribution in [3.63, 3.8) is 0 Å². The predicted octanol–water partition coefficient (Wildman–Crippen LogP) is 8.88. The Morgan fingerprint density at radius 1 is 0.718 bits per heavy atom. The van der Waals surface area contributed by atoms with Crippen molar-refractivity contribution < 1.29 is 0 Å². The summed E-state index contributed by atoms with van der Waals surface area (Å²) in [6.07, 6.45) is 11.0. The van der Waals surface area contributed by atoms with Crippen LogP contribution in [0.3, 0.4) is 0 Å². The minimum Gasteiger partial charge on any atom is -0.284 e. The summed E-state index contributed by atoms with van der Waals surface area (Å²) in [4.78, 5) is 10.2. The number of hydrogen-bond acceptors (Lipinski definition) is 2. The Kier molecular flexibility index (Phi) is 4.17. The van der Waals surface area contributed by atoms with Crippen molar-refractivity contribution in [2.45, 2.75) is 12.8 Å². The van der Waals surface area contributed by atoms with Crippen LogP contribution in [0, 0.1) is 0 Å². The molecule has 7 aromatic rings. The van der Waals surface area contributed by atoms with E-state index in [9.17, 15) is 0 Å². The van der Waals surface area contributed by atoms with Gasteiger partial charge in [-0.25, -0.2) is 9.97 Å². The Morgan fingerprint density at radius 2 is 1.59 bits per heavy atom. The summed E-state index contributed by atoms with van der Waals surface area (Å²) in [5.74, 6) is 0. The molecule has 0 atom stereocenters. The van der Waals surface area contributed by atoms with Gasteiger partial charge in [-0.2, -0.15) is 0 Å². The molecular formula is C36H23N3.